The lowest BCUT2D eigenvalue weighted by atomic mass is 9.91. The number of aromatic nitrogens is 3. The minimum absolute atomic E-state index is 0.121. The lowest BCUT2D eigenvalue weighted by Crippen LogP contribution is -2.29. The number of anilines is 6. The highest BCUT2D eigenvalue weighted by atomic mass is 19.3. The van der Waals surface area contributed by atoms with Gasteiger partial charge in [0.15, 0.2) is 5.75 Å². The number of pyridine rings is 1. The maximum atomic E-state index is 13.5. The number of rotatable bonds is 11. The van der Waals surface area contributed by atoms with Crippen molar-refractivity contribution in [2.24, 2.45) is 0 Å². The normalized spacial score (nSPS) is 13.8. The summed E-state index contributed by atoms with van der Waals surface area (Å²) in [5.41, 5.74) is 2.75. The van der Waals surface area contributed by atoms with Gasteiger partial charge in [-0.2, -0.15) is 13.8 Å². The van der Waals surface area contributed by atoms with Crippen LogP contribution in [0, 0.1) is 0 Å². The maximum absolute atomic E-state index is 13.5. The first-order chi connectivity index (χ1) is 19.0. The number of halogens is 2. The fraction of sp³-hybridized carbons (Fsp3) is 0.357. The quantitative estimate of drug-likeness (QED) is 0.326. The molecule has 3 aromatic rings. The molecule has 1 aliphatic rings. The van der Waals surface area contributed by atoms with Gasteiger partial charge in [-0.25, -0.2) is 4.98 Å². The number of hydrogen-bond acceptors (Lipinski definition) is 9. The summed E-state index contributed by atoms with van der Waals surface area (Å²) in [6, 6.07) is 8.61. The lowest BCUT2D eigenvalue weighted by molar-refractivity contribution is -0.111. The number of amides is 1. The number of ether oxygens (including phenoxy) is 1. The van der Waals surface area contributed by atoms with E-state index in [0.717, 1.165) is 17.5 Å². The first-order valence-corrected chi connectivity index (χ1v) is 12.7. The maximum Gasteiger partial charge on any atom is 0.387 e. The molecule has 2 N–H and O–H groups in total. The molecule has 0 fully saturated rings. The highest BCUT2D eigenvalue weighted by Gasteiger charge is 2.37. The van der Waals surface area contributed by atoms with E-state index in [1.165, 1.54) is 12.1 Å². The number of nitrogens with zero attached hydrogens (tertiary/aromatic N) is 6. The molecule has 0 spiro atoms. The molecule has 0 atom stereocenters. The molecule has 10 nitrogen and oxygen atoms in total. The Kier molecular flexibility index (Phi) is 8.48. The number of fused-ring (bicyclic) bond motifs is 1. The molecule has 1 aromatic carbocycles. The van der Waals surface area contributed by atoms with Gasteiger partial charge in [-0.05, 0) is 44.4 Å². The Labute approximate surface area is 232 Å². The Hall–Kier alpha value is -4.32. The van der Waals surface area contributed by atoms with Gasteiger partial charge in [0.05, 0.1) is 28.4 Å². The van der Waals surface area contributed by atoms with E-state index in [1.807, 2.05) is 40.9 Å². The van der Waals surface area contributed by atoms with Crippen LogP contribution < -0.4 is 25.2 Å². The molecule has 12 heteroatoms. The van der Waals surface area contributed by atoms with Crippen molar-refractivity contribution in [3.63, 3.8) is 0 Å². The van der Waals surface area contributed by atoms with Crippen molar-refractivity contribution in [3.05, 3.63) is 61.1 Å². The number of likely N-dealkylation sites (N-methyl/N-ethyl adjacent to an activating group) is 2. The molecule has 1 aliphatic heterocycles. The molecule has 0 saturated heterocycles. The summed E-state index contributed by atoms with van der Waals surface area (Å²) in [6.45, 7) is 6.59. The monoisotopic (exact) mass is 552 g/mol. The molecule has 212 valence electrons. The molecule has 3 heterocycles. The summed E-state index contributed by atoms with van der Waals surface area (Å²) < 4.78 is 31.8. The van der Waals surface area contributed by atoms with Crippen molar-refractivity contribution in [2.45, 2.75) is 25.9 Å². The Bertz CT molecular complexity index is 1380. The fourth-order valence-corrected chi connectivity index (χ4v) is 4.51. The molecule has 0 aliphatic carbocycles. The van der Waals surface area contributed by atoms with Crippen LogP contribution in [0.1, 0.15) is 19.5 Å². The first kappa shape index (κ1) is 28.7. The van der Waals surface area contributed by atoms with Crippen molar-refractivity contribution >= 4 is 40.4 Å². The molecule has 0 radical (unpaired) electrons. The minimum Gasteiger partial charge on any atom is -0.433 e. The second-order valence-electron chi connectivity index (χ2n) is 10.4. The Morgan fingerprint density at radius 2 is 1.95 bits per heavy atom. The van der Waals surface area contributed by atoms with Crippen molar-refractivity contribution in [1.29, 1.82) is 0 Å². The van der Waals surface area contributed by atoms with Gasteiger partial charge in [0.1, 0.15) is 5.82 Å². The van der Waals surface area contributed by atoms with Gasteiger partial charge in [0.25, 0.3) is 0 Å². The first-order valence-electron chi connectivity index (χ1n) is 12.7. The third-order valence-corrected chi connectivity index (χ3v) is 6.49. The minimum atomic E-state index is -3.07. The summed E-state index contributed by atoms with van der Waals surface area (Å²) in [5, 5.41) is 5.77. The summed E-state index contributed by atoms with van der Waals surface area (Å²) >= 11 is 0. The van der Waals surface area contributed by atoms with Crippen LogP contribution in [0.3, 0.4) is 0 Å². The van der Waals surface area contributed by atoms with E-state index in [-0.39, 0.29) is 22.8 Å². The van der Waals surface area contributed by atoms with E-state index < -0.39 is 12.5 Å². The highest BCUT2D eigenvalue weighted by molar-refractivity contribution is 6.02. The number of benzene rings is 1. The number of alkyl halides is 2. The number of hydrogen-bond donors (Lipinski definition) is 2. The Morgan fingerprint density at radius 3 is 2.65 bits per heavy atom. The van der Waals surface area contributed by atoms with E-state index >= 15 is 0 Å². The van der Waals surface area contributed by atoms with Crippen molar-refractivity contribution < 1.29 is 18.3 Å². The van der Waals surface area contributed by atoms with Crippen molar-refractivity contribution in [3.8, 4) is 5.75 Å². The fourth-order valence-electron chi connectivity index (χ4n) is 4.51. The van der Waals surface area contributed by atoms with E-state index in [1.54, 1.807) is 25.5 Å². The van der Waals surface area contributed by atoms with E-state index in [0.29, 0.717) is 36.8 Å². The van der Waals surface area contributed by atoms with Gasteiger partial charge >= 0.3 is 6.61 Å². The van der Waals surface area contributed by atoms with Gasteiger partial charge < -0.3 is 30.1 Å². The van der Waals surface area contributed by atoms with Crippen LogP contribution in [0.15, 0.2) is 55.4 Å². The standard InChI is InChI=1S/C28H34F2N8O2/c1-7-24(39)33-18-15-19(22(40-26(29)30)16-21(18)37(6)14-13-36(4)5)34-27-32-12-10-23(35-27)38-17-28(2,3)25-20(38)9-8-11-31-25/h7-12,15-16,26H,1,13-14,17H2,2-6H3,(H,33,39)(H,32,34,35). The van der Waals surface area contributed by atoms with Gasteiger partial charge in [-0.15, -0.1) is 0 Å². The summed E-state index contributed by atoms with van der Waals surface area (Å²) in [6.07, 6.45) is 4.49. The SMILES string of the molecule is C=CC(=O)Nc1cc(Nc2nccc(N3CC(C)(C)c4ncccc43)n2)c(OC(F)F)cc1N(C)CCN(C)C. The van der Waals surface area contributed by atoms with Gasteiger partial charge in [-0.3, -0.25) is 9.78 Å². The summed E-state index contributed by atoms with van der Waals surface area (Å²) in [4.78, 5) is 31.7. The third kappa shape index (κ3) is 6.45. The Balaban J connectivity index is 1.71. The second kappa shape index (κ2) is 11.8. The number of carbonyl (C=O) groups excluding carboxylic acids is 1. The largest absolute Gasteiger partial charge is 0.433 e. The zero-order valence-corrected chi connectivity index (χ0v) is 23.3. The topological polar surface area (TPSA) is 98.8 Å². The van der Waals surface area contributed by atoms with Crippen LogP contribution in [0.5, 0.6) is 5.75 Å². The Morgan fingerprint density at radius 1 is 1.18 bits per heavy atom. The van der Waals surface area contributed by atoms with Gasteiger partial charge in [-0.1, -0.05) is 20.4 Å². The van der Waals surface area contributed by atoms with E-state index in [9.17, 15) is 13.6 Å². The van der Waals surface area contributed by atoms with Crippen LogP contribution in [0.4, 0.5) is 43.3 Å². The molecular weight excluding hydrogens is 518 g/mol. The van der Waals surface area contributed by atoms with Crippen molar-refractivity contribution in [1.82, 2.24) is 19.9 Å². The molecule has 2 aromatic heterocycles. The van der Waals surface area contributed by atoms with Crippen LogP contribution >= 0.6 is 0 Å². The van der Waals surface area contributed by atoms with E-state index in [4.69, 9.17) is 4.74 Å². The highest BCUT2D eigenvalue weighted by Crippen LogP contribution is 2.43. The van der Waals surface area contributed by atoms with Crippen LogP contribution in [-0.2, 0) is 10.2 Å². The predicted octanol–water partition coefficient (Wildman–Crippen LogP) is 4.77. The summed E-state index contributed by atoms with van der Waals surface area (Å²) in [5.74, 6) is 0.220. The molecule has 1 amide bonds. The van der Waals surface area contributed by atoms with Crippen LogP contribution in [0.2, 0.25) is 0 Å². The average Bonchev–Trinajstić information content (AvgIpc) is 3.19. The number of carbonyl (C=O) groups is 1. The smallest absolute Gasteiger partial charge is 0.387 e. The second-order valence-corrected chi connectivity index (χ2v) is 10.4. The molecular formula is C28H34F2N8O2. The molecule has 0 saturated carbocycles. The van der Waals surface area contributed by atoms with Gasteiger partial charge in [0.2, 0.25) is 11.9 Å². The van der Waals surface area contributed by atoms with Crippen molar-refractivity contribution in [2.75, 3.05) is 61.2 Å². The zero-order chi connectivity index (χ0) is 29.0. The third-order valence-electron chi connectivity index (χ3n) is 6.49. The lowest BCUT2D eigenvalue weighted by Gasteiger charge is -2.26. The van der Waals surface area contributed by atoms with E-state index in [2.05, 4.69) is 46.0 Å². The molecule has 0 unspecified atom stereocenters. The molecule has 4 rings (SSSR count). The molecule has 0 bridgehead atoms. The van der Waals surface area contributed by atoms with Crippen LogP contribution in [-0.4, -0.2) is 73.1 Å². The molecule has 40 heavy (non-hydrogen) atoms. The zero-order valence-electron chi connectivity index (χ0n) is 23.3. The summed E-state index contributed by atoms with van der Waals surface area (Å²) in [7, 11) is 5.66. The number of nitrogens with one attached hydrogen (secondary N) is 2. The van der Waals surface area contributed by atoms with Crippen LogP contribution in [0.25, 0.3) is 0 Å². The average molecular weight is 553 g/mol. The predicted molar refractivity (Wildman–Crippen MR) is 153 cm³/mol. The van der Waals surface area contributed by atoms with Gasteiger partial charge in [0, 0.05) is 50.6 Å².